The van der Waals surface area contributed by atoms with Crippen molar-refractivity contribution in [2.75, 3.05) is 6.54 Å². The second kappa shape index (κ2) is 5.83. The number of carbonyl (C=O) groups is 4. The Bertz CT molecular complexity index is 664. The van der Waals surface area contributed by atoms with Gasteiger partial charge in [-0.2, -0.15) is 0 Å². The lowest BCUT2D eigenvalue weighted by atomic mass is 10.0. The largest absolute Gasteiger partial charge is 0.355 e. The molecule has 3 amide bonds. The SMILES string of the molecule is CC(=O)N1CCCCC1C(=O)ON1C(=O)c2ccccc2C1=O. The molecule has 1 saturated heterocycles. The highest BCUT2D eigenvalue weighted by molar-refractivity contribution is 6.20. The third kappa shape index (κ3) is 2.58. The number of carbonyl (C=O) groups excluding carboxylic acids is 4. The summed E-state index contributed by atoms with van der Waals surface area (Å²) in [7, 11) is 0. The molecule has 1 unspecified atom stereocenters. The Morgan fingerprint density at radius 1 is 1.09 bits per heavy atom. The normalized spacial score (nSPS) is 20.5. The molecule has 0 spiro atoms. The van der Waals surface area contributed by atoms with E-state index in [2.05, 4.69) is 0 Å². The molecule has 120 valence electrons. The van der Waals surface area contributed by atoms with Gasteiger partial charge in [0.15, 0.2) is 0 Å². The van der Waals surface area contributed by atoms with Crippen LogP contribution in [0, 0.1) is 0 Å². The monoisotopic (exact) mass is 316 g/mol. The maximum Gasteiger partial charge on any atom is 0.355 e. The van der Waals surface area contributed by atoms with Gasteiger partial charge in [-0.3, -0.25) is 14.4 Å². The Morgan fingerprint density at radius 2 is 1.70 bits per heavy atom. The molecule has 1 aromatic carbocycles. The van der Waals surface area contributed by atoms with Crippen LogP contribution >= 0.6 is 0 Å². The topological polar surface area (TPSA) is 84.0 Å². The van der Waals surface area contributed by atoms with E-state index in [0.29, 0.717) is 18.0 Å². The highest BCUT2D eigenvalue weighted by Gasteiger charge is 2.41. The molecule has 1 fully saturated rings. The summed E-state index contributed by atoms with van der Waals surface area (Å²) in [5.41, 5.74) is 0.412. The highest BCUT2D eigenvalue weighted by Crippen LogP contribution is 2.24. The first-order valence-corrected chi connectivity index (χ1v) is 7.47. The third-order valence-corrected chi connectivity index (χ3v) is 4.12. The van der Waals surface area contributed by atoms with Gasteiger partial charge in [0, 0.05) is 13.5 Å². The summed E-state index contributed by atoms with van der Waals surface area (Å²) in [6, 6.07) is 5.52. The summed E-state index contributed by atoms with van der Waals surface area (Å²) in [6.45, 7) is 1.85. The molecular weight excluding hydrogens is 300 g/mol. The molecule has 0 aromatic heterocycles. The van der Waals surface area contributed by atoms with E-state index >= 15 is 0 Å². The molecule has 1 aromatic rings. The lowest BCUT2D eigenvalue weighted by molar-refractivity contribution is -0.178. The molecule has 1 atom stereocenters. The lowest BCUT2D eigenvalue weighted by Crippen LogP contribution is -2.49. The molecule has 3 rings (SSSR count). The first kappa shape index (κ1) is 15.2. The first-order valence-electron chi connectivity index (χ1n) is 7.47. The van der Waals surface area contributed by atoms with Crippen LogP contribution in [0.3, 0.4) is 0 Å². The Labute approximate surface area is 132 Å². The number of hydrogen-bond acceptors (Lipinski definition) is 5. The Balaban J connectivity index is 1.77. The lowest BCUT2D eigenvalue weighted by Gasteiger charge is -2.33. The van der Waals surface area contributed by atoms with E-state index in [1.807, 2.05) is 0 Å². The summed E-state index contributed by atoms with van der Waals surface area (Å²) >= 11 is 0. The number of fused-ring (bicyclic) bond motifs is 1. The smallest absolute Gasteiger partial charge is 0.329 e. The zero-order valence-corrected chi connectivity index (χ0v) is 12.7. The van der Waals surface area contributed by atoms with E-state index in [-0.39, 0.29) is 17.0 Å². The fourth-order valence-corrected chi connectivity index (χ4v) is 2.95. The summed E-state index contributed by atoms with van der Waals surface area (Å²) in [4.78, 5) is 54.8. The maximum atomic E-state index is 12.3. The van der Waals surface area contributed by atoms with Crippen molar-refractivity contribution in [3.63, 3.8) is 0 Å². The molecule has 2 aliphatic heterocycles. The molecule has 2 heterocycles. The van der Waals surface area contributed by atoms with Crippen LogP contribution in [0.2, 0.25) is 0 Å². The Hall–Kier alpha value is -2.70. The van der Waals surface area contributed by atoms with Gasteiger partial charge in [-0.15, -0.1) is 0 Å². The molecule has 7 heteroatoms. The standard InChI is InChI=1S/C16H16N2O5/c1-10(19)17-9-5-4-8-13(17)16(22)23-18-14(20)11-6-2-3-7-12(11)15(18)21/h2-3,6-7,13H,4-5,8-9H2,1H3. The zero-order valence-electron chi connectivity index (χ0n) is 12.7. The van der Waals surface area contributed by atoms with Gasteiger partial charge < -0.3 is 9.74 Å². The van der Waals surface area contributed by atoms with Crippen LogP contribution in [-0.4, -0.2) is 46.2 Å². The van der Waals surface area contributed by atoms with E-state index in [1.165, 1.54) is 24.0 Å². The predicted octanol–water partition coefficient (Wildman–Crippen LogP) is 1.14. The predicted molar refractivity (Wildman–Crippen MR) is 78.1 cm³/mol. The highest BCUT2D eigenvalue weighted by atomic mass is 16.7. The number of hydrogen-bond donors (Lipinski definition) is 0. The quantitative estimate of drug-likeness (QED) is 0.764. The second-order valence-corrected chi connectivity index (χ2v) is 5.58. The number of benzene rings is 1. The molecule has 7 nitrogen and oxygen atoms in total. The van der Waals surface area contributed by atoms with Gasteiger partial charge >= 0.3 is 5.97 Å². The van der Waals surface area contributed by atoms with E-state index in [1.54, 1.807) is 12.1 Å². The van der Waals surface area contributed by atoms with E-state index in [4.69, 9.17) is 4.84 Å². The van der Waals surface area contributed by atoms with E-state index in [9.17, 15) is 19.2 Å². The molecule has 0 bridgehead atoms. The minimum absolute atomic E-state index is 0.206. The second-order valence-electron chi connectivity index (χ2n) is 5.58. The van der Waals surface area contributed by atoms with Gasteiger partial charge in [0.2, 0.25) is 5.91 Å². The van der Waals surface area contributed by atoms with Crippen molar-refractivity contribution in [2.45, 2.75) is 32.2 Å². The number of piperidine rings is 1. The van der Waals surface area contributed by atoms with Gasteiger partial charge in [-0.1, -0.05) is 17.2 Å². The number of nitrogens with zero attached hydrogens (tertiary/aromatic N) is 2. The van der Waals surface area contributed by atoms with Crippen LogP contribution in [-0.2, 0) is 14.4 Å². The number of amides is 3. The van der Waals surface area contributed by atoms with Crippen molar-refractivity contribution in [1.29, 1.82) is 0 Å². The number of rotatable bonds is 2. The maximum absolute atomic E-state index is 12.3. The van der Waals surface area contributed by atoms with Gasteiger partial charge in [0.25, 0.3) is 11.8 Å². The van der Waals surface area contributed by atoms with E-state index < -0.39 is 23.8 Å². The summed E-state index contributed by atoms with van der Waals surface area (Å²) in [5.74, 6) is -2.31. The third-order valence-electron chi connectivity index (χ3n) is 4.12. The van der Waals surface area contributed by atoms with Gasteiger partial charge in [-0.05, 0) is 31.4 Å². The zero-order chi connectivity index (χ0) is 16.6. The van der Waals surface area contributed by atoms with Crippen LogP contribution < -0.4 is 0 Å². The van der Waals surface area contributed by atoms with Crippen molar-refractivity contribution in [1.82, 2.24) is 9.96 Å². The van der Waals surface area contributed by atoms with Gasteiger partial charge in [0.1, 0.15) is 6.04 Å². The summed E-state index contributed by atoms with van der Waals surface area (Å²) in [6.07, 6.45) is 2.06. The fraction of sp³-hybridized carbons (Fsp3) is 0.375. The number of hydroxylamine groups is 2. The van der Waals surface area contributed by atoms with Crippen molar-refractivity contribution >= 4 is 23.7 Å². The Morgan fingerprint density at radius 3 is 2.26 bits per heavy atom. The Kier molecular flexibility index (Phi) is 3.85. The summed E-state index contributed by atoms with van der Waals surface area (Å²) < 4.78 is 0. The van der Waals surface area contributed by atoms with Crippen molar-refractivity contribution in [2.24, 2.45) is 0 Å². The number of likely N-dealkylation sites (tertiary alicyclic amines) is 1. The number of imide groups is 1. The fourth-order valence-electron chi connectivity index (χ4n) is 2.95. The van der Waals surface area contributed by atoms with Crippen molar-refractivity contribution in [3.8, 4) is 0 Å². The van der Waals surface area contributed by atoms with Crippen LogP contribution in [0.5, 0.6) is 0 Å². The van der Waals surface area contributed by atoms with Gasteiger partial charge in [0.05, 0.1) is 11.1 Å². The first-order chi connectivity index (χ1) is 11.0. The van der Waals surface area contributed by atoms with Crippen LogP contribution in [0.15, 0.2) is 24.3 Å². The molecule has 0 N–H and O–H groups in total. The van der Waals surface area contributed by atoms with E-state index in [0.717, 1.165) is 12.8 Å². The summed E-state index contributed by atoms with van der Waals surface area (Å²) in [5, 5.41) is 0.486. The molecule has 0 radical (unpaired) electrons. The van der Waals surface area contributed by atoms with Crippen molar-refractivity contribution in [3.05, 3.63) is 35.4 Å². The molecule has 23 heavy (non-hydrogen) atoms. The minimum Gasteiger partial charge on any atom is -0.329 e. The van der Waals surface area contributed by atoms with Gasteiger partial charge in [-0.25, -0.2) is 4.79 Å². The van der Waals surface area contributed by atoms with Crippen molar-refractivity contribution < 1.29 is 24.0 Å². The average molecular weight is 316 g/mol. The molecule has 0 aliphatic carbocycles. The van der Waals surface area contributed by atoms with Crippen LogP contribution in [0.1, 0.15) is 46.9 Å². The molecule has 2 aliphatic rings. The molecular formula is C16H16N2O5. The van der Waals surface area contributed by atoms with Crippen LogP contribution in [0.25, 0.3) is 0 Å². The van der Waals surface area contributed by atoms with Crippen LogP contribution in [0.4, 0.5) is 0 Å². The minimum atomic E-state index is -0.759. The average Bonchev–Trinajstić information content (AvgIpc) is 2.80. The molecule has 0 saturated carbocycles.